The fourth-order valence-electron chi connectivity index (χ4n) is 7.23. The summed E-state index contributed by atoms with van der Waals surface area (Å²) < 4.78 is 17.4. The van der Waals surface area contributed by atoms with Gasteiger partial charge in [0.15, 0.2) is 11.9 Å². The van der Waals surface area contributed by atoms with Crippen LogP contribution in [0.5, 0.6) is 0 Å². The van der Waals surface area contributed by atoms with E-state index in [9.17, 15) is 4.79 Å². The Morgan fingerprint density at radius 3 is 2.50 bits per heavy atom. The molecule has 1 spiro atoms. The zero-order chi connectivity index (χ0) is 24.6. The lowest BCUT2D eigenvalue weighted by molar-refractivity contribution is -0.151. The Bertz CT molecular complexity index is 1570. The summed E-state index contributed by atoms with van der Waals surface area (Å²) in [5, 5.41) is 4.73. The summed E-state index contributed by atoms with van der Waals surface area (Å²) in [6.07, 6.45) is 3.18. The third-order valence-electron chi connectivity index (χ3n) is 8.54. The largest absolute Gasteiger partial charge is 0.445 e. The minimum absolute atomic E-state index is 0.0796. The first-order chi connectivity index (χ1) is 17.6. The van der Waals surface area contributed by atoms with E-state index in [1.807, 2.05) is 0 Å². The Kier molecular flexibility index (Phi) is 4.72. The van der Waals surface area contributed by atoms with Crippen molar-refractivity contribution in [1.82, 2.24) is 4.90 Å². The lowest BCUT2D eigenvalue weighted by Crippen LogP contribution is -2.51. The van der Waals surface area contributed by atoms with Gasteiger partial charge >= 0.3 is 5.97 Å². The highest BCUT2D eigenvalue weighted by Crippen LogP contribution is 2.62. The van der Waals surface area contributed by atoms with Crippen LogP contribution in [0, 0.1) is 11.8 Å². The van der Waals surface area contributed by atoms with Crippen molar-refractivity contribution in [1.29, 1.82) is 0 Å². The Balaban J connectivity index is 1.37. The second-order valence-corrected chi connectivity index (χ2v) is 10.1. The molecule has 0 radical (unpaired) electrons. The summed E-state index contributed by atoms with van der Waals surface area (Å²) in [6.45, 7) is 2.19. The van der Waals surface area contributed by atoms with Gasteiger partial charge in [-0.25, -0.2) is 4.79 Å². The Morgan fingerprint density at radius 1 is 1.00 bits per heavy atom. The van der Waals surface area contributed by atoms with Crippen molar-refractivity contribution in [3.8, 4) is 11.8 Å². The molecule has 2 saturated heterocycles. The summed E-state index contributed by atoms with van der Waals surface area (Å²) in [4.78, 5) is 15.0. The fraction of sp³-hybridized carbons (Fsp3) is 0.323. The molecule has 0 amide bonds. The molecule has 5 heteroatoms. The molecule has 3 aromatic rings. The summed E-state index contributed by atoms with van der Waals surface area (Å²) in [6, 6.07) is 19.3. The molecule has 0 aromatic heterocycles. The highest BCUT2D eigenvalue weighted by molar-refractivity contribution is 6.10. The summed E-state index contributed by atoms with van der Waals surface area (Å²) in [7, 11) is 3.36. The van der Waals surface area contributed by atoms with Gasteiger partial charge in [-0.05, 0) is 47.4 Å². The van der Waals surface area contributed by atoms with Gasteiger partial charge in [-0.2, -0.15) is 0 Å². The van der Waals surface area contributed by atoms with Crippen molar-refractivity contribution in [2.45, 2.75) is 49.8 Å². The summed E-state index contributed by atoms with van der Waals surface area (Å²) in [5.41, 5.74) is 3.32. The quantitative estimate of drug-likeness (QED) is 0.236. The number of nitrogens with zero attached hydrogens (tertiary/aromatic N) is 1. The smallest absolute Gasteiger partial charge is 0.332 e. The predicted octanol–water partition coefficient (Wildman–Crippen LogP) is 4.73. The van der Waals surface area contributed by atoms with Crippen molar-refractivity contribution in [2.75, 3.05) is 14.2 Å². The minimum Gasteiger partial charge on any atom is -0.445 e. The van der Waals surface area contributed by atoms with Crippen LogP contribution in [0.1, 0.15) is 25.3 Å². The maximum Gasteiger partial charge on any atom is 0.332 e. The Morgan fingerprint density at radius 2 is 1.72 bits per heavy atom. The van der Waals surface area contributed by atoms with E-state index < -0.39 is 5.60 Å². The second-order valence-electron chi connectivity index (χ2n) is 10.1. The van der Waals surface area contributed by atoms with E-state index in [-0.39, 0.29) is 30.4 Å². The first-order valence-corrected chi connectivity index (χ1v) is 12.5. The molecular formula is C31H27NO4. The number of fused-ring (bicyclic) bond motifs is 4. The molecule has 4 aliphatic rings. The third kappa shape index (κ3) is 2.70. The first-order valence-electron chi connectivity index (χ1n) is 12.5. The molecule has 0 saturated carbocycles. The van der Waals surface area contributed by atoms with Crippen LogP contribution in [0.3, 0.4) is 0 Å². The van der Waals surface area contributed by atoms with Crippen molar-refractivity contribution in [3.05, 3.63) is 83.0 Å². The van der Waals surface area contributed by atoms with Gasteiger partial charge in [-0.3, -0.25) is 4.90 Å². The van der Waals surface area contributed by atoms with Crippen molar-refractivity contribution in [3.63, 3.8) is 0 Å². The third-order valence-corrected chi connectivity index (χ3v) is 8.54. The van der Waals surface area contributed by atoms with Gasteiger partial charge in [-0.15, -0.1) is 0 Å². The van der Waals surface area contributed by atoms with Crippen LogP contribution >= 0.6 is 0 Å². The minimum atomic E-state index is -0.674. The summed E-state index contributed by atoms with van der Waals surface area (Å²) in [5.74, 6) is 6.68. The van der Waals surface area contributed by atoms with Gasteiger partial charge in [0.25, 0.3) is 0 Å². The number of carbonyl (C=O) groups excluding carboxylic acids is 1. The van der Waals surface area contributed by atoms with Crippen molar-refractivity contribution < 1.29 is 19.0 Å². The first kappa shape index (κ1) is 21.8. The lowest BCUT2D eigenvalue weighted by Gasteiger charge is -2.41. The van der Waals surface area contributed by atoms with Crippen molar-refractivity contribution in [2.24, 2.45) is 0 Å². The topological polar surface area (TPSA) is 48.0 Å². The highest BCUT2D eigenvalue weighted by atomic mass is 16.7. The molecule has 1 aliphatic carbocycles. The molecule has 3 aliphatic heterocycles. The molecule has 36 heavy (non-hydrogen) atoms. The summed E-state index contributed by atoms with van der Waals surface area (Å²) >= 11 is 0. The maximum absolute atomic E-state index is 12.6. The maximum atomic E-state index is 12.6. The standard InChI is InChI=1S/C31H27NO4/c1-18-29-24(13-12-20-16-19-8-4-5-9-21(19)23-11-7-6-10-22(20)23)25-17-28(33)36-31(25,29)27-15-14-26(32(18)27)30(34-2)35-3/h4-11,16-18,26-27,30H,14-15H2,1-3H3/t18-,26?,27+,31-/m0/s1. The van der Waals surface area contributed by atoms with Crippen LogP contribution in [0.15, 0.2) is 77.4 Å². The number of hydrogen-bond donors (Lipinski definition) is 0. The van der Waals surface area contributed by atoms with Crippen LogP contribution in [-0.4, -0.2) is 55.1 Å². The fourth-order valence-corrected chi connectivity index (χ4v) is 7.23. The van der Waals surface area contributed by atoms with Crippen LogP contribution in [0.25, 0.3) is 21.5 Å². The average molecular weight is 478 g/mol. The zero-order valence-corrected chi connectivity index (χ0v) is 20.6. The normalized spacial score (nSPS) is 28.5. The Hall–Kier alpha value is -3.43. The monoisotopic (exact) mass is 477 g/mol. The van der Waals surface area contributed by atoms with Gasteiger partial charge in [-0.1, -0.05) is 60.4 Å². The Labute approximate surface area is 210 Å². The average Bonchev–Trinajstić information content (AvgIpc) is 3.51. The second kappa shape index (κ2) is 7.78. The number of benzene rings is 3. The molecule has 3 aromatic carbocycles. The van der Waals surface area contributed by atoms with E-state index in [0.717, 1.165) is 40.5 Å². The molecular weight excluding hydrogens is 450 g/mol. The van der Waals surface area contributed by atoms with Crippen LogP contribution in [-0.2, 0) is 19.0 Å². The van der Waals surface area contributed by atoms with E-state index >= 15 is 0 Å². The molecule has 180 valence electrons. The van der Waals surface area contributed by atoms with E-state index in [1.54, 1.807) is 20.3 Å². The molecule has 1 unspecified atom stereocenters. The number of esters is 1. The number of rotatable bonds is 3. The van der Waals surface area contributed by atoms with E-state index in [0.29, 0.717) is 0 Å². The van der Waals surface area contributed by atoms with Gasteiger partial charge in [0.05, 0.1) is 12.1 Å². The highest BCUT2D eigenvalue weighted by Gasteiger charge is 2.71. The number of methoxy groups -OCH3 is 2. The number of hydrogen-bond acceptors (Lipinski definition) is 5. The molecule has 0 bridgehead atoms. The van der Waals surface area contributed by atoms with Gasteiger partial charge < -0.3 is 14.2 Å². The zero-order valence-electron chi connectivity index (χ0n) is 20.6. The van der Waals surface area contributed by atoms with E-state index in [4.69, 9.17) is 14.2 Å². The lowest BCUT2D eigenvalue weighted by atomic mass is 9.66. The number of carbonyl (C=O) groups is 1. The molecule has 3 heterocycles. The van der Waals surface area contributed by atoms with Gasteiger partial charge in [0.1, 0.15) is 0 Å². The molecule has 2 fully saturated rings. The molecule has 0 N–H and O–H groups in total. The van der Waals surface area contributed by atoms with Crippen LogP contribution in [0.4, 0.5) is 0 Å². The predicted molar refractivity (Wildman–Crippen MR) is 138 cm³/mol. The molecule has 4 atom stereocenters. The number of ether oxygens (including phenoxy) is 3. The van der Waals surface area contributed by atoms with E-state index in [2.05, 4.69) is 78.3 Å². The van der Waals surface area contributed by atoms with Crippen molar-refractivity contribution >= 4 is 27.5 Å². The SMILES string of the molecule is COC(OC)C1CC[C@H]2N1[C@@H](C)C1=C(C#Cc3cc4ccccc4c4ccccc34)C3=CC(=O)O[C@]312. The van der Waals surface area contributed by atoms with Gasteiger partial charge in [0, 0.05) is 48.6 Å². The van der Waals surface area contributed by atoms with E-state index in [1.165, 1.54) is 16.2 Å². The molecule has 5 nitrogen and oxygen atoms in total. The molecule has 7 rings (SSSR count). The van der Waals surface area contributed by atoms with Crippen LogP contribution in [0.2, 0.25) is 0 Å². The van der Waals surface area contributed by atoms with Gasteiger partial charge in [0.2, 0.25) is 0 Å². The van der Waals surface area contributed by atoms with Crippen LogP contribution < -0.4 is 0 Å².